The van der Waals surface area contributed by atoms with Gasteiger partial charge in [0, 0.05) is 0 Å². The Morgan fingerprint density at radius 1 is 0.722 bits per heavy atom. The van der Waals surface area contributed by atoms with E-state index in [1.165, 1.54) is 0 Å². The van der Waals surface area contributed by atoms with Gasteiger partial charge in [-0.2, -0.15) is 0 Å². The van der Waals surface area contributed by atoms with Crippen molar-refractivity contribution in [1.82, 2.24) is 0 Å². The molecule has 0 radical (unpaired) electrons. The van der Waals surface area contributed by atoms with Crippen LogP contribution in [0.2, 0.25) is 0 Å². The summed E-state index contributed by atoms with van der Waals surface area (Å²) in [5.41, 5.74) is 1.84. The van der Waals surface area contributed by atoms with Crippen LogP contribution in [0.25, 0.3) is 21.5 Å². The standard InChI is InChI=1S/C16H14O2/c17-9-11-4-5-12-6-7-14-13(10-18)2-1-3-15(14)16(12)8-11/h1-8,17-18H,9-10H2. The second-order valence-corrected chi connectivity index (χ2v) is 4.45. The lowest BCUT2D eigenvalue weighted by Crippen LogP contribution is -1.88. The molecular weight excluding hydrogens is 224 g/mol. The summed E-state index contributed by atoms with van der Waals surface area (Å²) >= 11 is 0. The van der Waals surface area contributed by atoms with Crippen molar-refractivity contribution in [1.29, 1.82) is 0 Å². The van der Waals surface area contributed by atoms with E-state index in [4.69, 9.17) is 0 Å². The second-order valence-electron chi connectivity index (χ2n) is 4.45. The molecule has 0 spiro atoms. The number of benzene rings is 3. The van der Waals surface area contributed by atoms with Gasteiger partial charge in [0.25, 0.3) is 0 Å². The predicted molar refractivity (Wildman–Crippen MR) is 73.3 cm³/mol. The lowest BCUT2D eigenvalue weighted by molar-refractivity contribution is 0.282. The first-order chi connectivity index (χ1) is 8.83. The monoisotopic (exact) mass is 238 g/mol. The lowest BCUT2D eigenvalue weighted by atomic mass is 9.97. The third-order valence-corrected chi connectivity index (χ3v) is 3.39. The summed E-state index contributed by atoms with van der Waals surface area (Å²) in [6, 6.07) is 16.0. The first-order valence-electron chi connectivity index (χ1n) is 5.98. The zero-order valence-electron chi connectivity index (χ0n) is 9.93. The van der Waals surface area contributed by atoms with Gasteiger partial charge in [0.2, 0.25) is 0 Å². The first kappa shape index (κ1) is 11.2. The molecule has 0 aliphatic carbocycles. The lowest BCUT2D eigenvalue weighted by Gasteiger charge is -2.08. The van der Waals surface area contributed by atoms with Crippen LogP contribution in [0.5, 0.6) is 0 Å². The van der Waals surface area contributed by atoms with Crippen LogP contribution >= 0.6 is 0 Å². The molecule has 0 heterocycles. The summed E-state index contributed by atoms with van der Waals surface area (Å²) in [6.07, 6.45) is 0. The normalized spacial score (nSPS) is 11.2. The van der Waals surface area contributed by atoms with Gasteiger partial charge in [0.05, 0.1) is 13.2 Å². The molecule has 3 aromatic rings. The Kier molecular flexibility index (Phi) is 2.74. The van der Waals surface area contributed by atoms with Crippen LogP contribution in [-0.4, -0.2) is 10.2 Å². The number of aliphatic hydroxyl groups excluding tert-OH is 2. The first-order valence-corrected chi connectivity index (χ1v) is 5.98. The average molecular weight is 238 g/mol. The largest absolute Gasteiger partial charge is 0.392 e. The smallest absolute Gasteiger partial charge is 0.0687 e. The van der Waals surface area contributed by atoms with Gasteiger partial charge in [-0.3, -0.25) is 0 Å². The average Bonchev–Trinajstić information content (AvgIpc) is 2.45. The van der Waals surface area contributed by atoms with Gasteiger partial charge in [-0.1, -0.05) is 42.5 Å². The molecule has 0 bridgehead atoms. The Bertz CT molecular complexity index is 717. The molecule has 3 rings (SSSR count). The zero-order valence-corrected chi connectivity index (χ0v) is 9.93. The van der Waals surface area contributed by atoms with Crippen LogP contribution in [0, 0.1) is 0 Å². The number of aliphatic hydroxyl groups is 2. The molecule has 2 nitrogen and oxygen atoms in total. The van der Waals surface area contributed by atoms with Gasteiger partial charge in [-0.05, 0) is 38.7 Å². The third-order valence-electron chi connectivity index (χ3n) is 3.39. The van der Waals surface area contributed by atoms with Gasteiger partial charge >= 0.3 is 0 Å². The molecule has 0 aliphatic rings. The van der Waals surface area contributed by atoms with Gasteiger partial charge in [0.1, 0.15) is 0 Å². The Labute approximate surface area is 105 Å². The molecule has 90 valence electrons. The molecule has 18 heavy (non-hydrogen) atoms. The highest BCUT2D eigenvalue weighted by Crippen LogP contribution is 2.28. The quantitative estimate of drug-likeness (QED) is 0.674. The van der Waals surface area contributed by atoms with Crippen molar-refractivity contribution in [2.45, 2.75) is 13.2 Å². The van der Waals surface area contributed by atoms with E-state index in [2.05, 4.69) is 12.1 Å². The van der Waals surface area contributed by atoms with E-state index in [-0.39, 0.29) is 13.2 Å². The molecule has 0 aliphatic heterocycles. The van der Waals surface area contributed by atoms with E-state index in [0.717, 1.165) is 32.7 Å². The number of fused-ring (bicyclic) bond motifs is 3. The van der Waals surface area contributed by atoms with Gasteiger partial charge in [0.15, 0.2) is 0 Å². The van der Waals surface area contributed by atoms with Crippen LogP contribution < -0.4 is 0 Å². The van der Waals surface area contributed by atoms with Crippen LogP contribution in [-0.2, 0) is 13.2 Å². The van der Waals surface area contributed by atoms with Gasteiger partial charge in [-0.25, -0.2) is 0 Å². The van der Waals surface area contributed by atoms with E-state index >= 15 is 0 Å². The van der Waals surface area contributed by atoms with E-state index in [9.17, 15) is 10.2 Å². The summed E-state index contributed by atoms with van der Waals surface area (Å²) in [7, 11) is 0. The number of hydrogen-bond acceptors (Lipinski definition) is 2. The number of hydrogen-bond donors (Lipinski definition) is 2. The third kappa shape index (κ3) is 1.67. The summed E-state index contributed by atoms with van der Waals surface area (Å²) in [6.45, 7) is 0.0918. The molecule has 3 aromatic carbocycles. The molecule has 0 amide bonds. The minimum absolute atomic E-state index is 0.0442. The Morgan fingerprint density at radius 3 is 2.33 bits per heavy atom. The fourth-order valence-corrected chi connectivity index (χ4v) is 2.44. The summed E-state index contributed by atoms with van der Waals surface area (Å²) < 4.78 is 0. The molecule has 0 atom stereocenters. The fourth-order valence-electron chi connectivity index (χ4n) is 2.44. The van der Waals surface area contributed by atoms with Gasteiger partial charge < -0.3 is 10.2 Å². The van der Waals surface area contributed by atoms with Crippen LogP contribution in [0.4, 0.5) is 0 Å². The Balaban J connectivity index is 2.44. The van der Waals surface area contributed by atoms with Crippen molar-refractivity contribution in [3.05, 3.63) is 59.7 Å². The summed E-state index contributed by atoms with van der Waals surface area (Å²) in [5.74, 6) is 0. The molecule has 0 aromatic heterocycles. The maximum absolute atomic E-state index is 9.37. The molecule has 0 saturated heterocycles. The second kappa shape index (κ2) is 4.41. The summed E-state index contributed by atoms with van der Waals surface area (Å²) in [5, 5.41) is 23.1. The maximum atomic E-state index is 9.37. The number of rotatable bonds is 2. The van der Waals surface area contributed by atoms with E-state index in [1.54, 1.807) is 0 Å². The van der Waals surface area contributed by atoms with E-state index in [0.29, 0.717) is 0 Å². The van der Waals surface area contributed by atoms with E-state index in [1.807, 2.05) is 36.4 Å². The molecule has 2 heteroatoms. The highest BCUT2D eigenvalue weighted by atomic mass is 16.3. The Hall–Kier alpha value is -1.90. The fraction of sp³-hybridized carbons (Fsp3) is 0.125. The molecular formula is C16H14O2. The van der Waals surface area contributed by atoms with Crippen molar-refractivity contribution in [3.63, 3.8) is 0 Å². The minimum Gasteiger partial charge on any atom is -0.392 e. The van der Waals surface area contributed by atoms with Crippen molar-refractivity contribution in [3.8, 4) is 0 Å². The van der Waals surface area contributed by atoms with E-state index < -0.39 is 0 Å². The van der Waals surface area contributed by atoms with Crippen LogP contribution in [0.1, 0.15) is 11.1 Å². The van der Waals surface area contributed by atoms with Crippen molar-refractivity contribution >= 4 is 21.5 Å². The van der Waals surface area contributed by atoms with Crippen molar-refractivity contribution in [2.75, 3.05) is 0 Å². The highest BCUT2D eigenvalue weighted by molar-refractivity contribution is 6.08. The Morgan fingerprint density at radius 2 is 1.56 bits per heavy atom. The van der Waals surface area contributed by atoms with Crippen molar-refractivity contribution < 1.29 is 10.2 Å². The predicted octanol–water partition coefficient (Wildman–Crippen LogP) is 2.98. The minimum atomic E-state index is 0.0442. The van der Waals surface area contributed by atoms with Gasteiger partial charge in [-0.15, -0.1) is 0 Å². The highest BCUT2D eigenvalue weighted by Gasteiger charge is 2.04. The van der Waals surface area contributed by atoms with Crippen LogP contribution in [0.15, 0.2) is 48.5 Å². The van der Waals surface area contributed by atoms with Crippen LogP contribution in [0.3, 0.4) is 0 Å². The zero-order chi connectivity index (χ0) is 12.5. The summed E-state index contributed by atoms with van der Waals surface area (Å²) in [4.78, 5) is 0. The molecule has 0 unspecified atom stereocenters. The molecule has 0 saturated carbocycles. The van der Waals surface area contributed by atoms with Crippen molar-refractivity contribution in [2.24, 2.45) is 0 Å². The molecule has 0 fully saturated rings. The topological polar surface area (TPSA) is 40.5 Å². The SMILES string of the molecule is OCc1ccc2ccc3c(CO)cccc3c2c1. The molecule has 2 N–H and O–H groups in total. The maximum Gasteiger partial charge on any atom is 0.0687 e.